The molecule has 3 N–H and O–H groups in total. The highest BCUT2D eigenvalue weighted by Gasteiger charge is 2.45. The number of nitrogens with one attached hydrogen (secondary N) is 3. The van der Waals surface area contributed by atoms with Crippen LogP contribution in [-0.2, 0) is 5.54 Å². The van der Waals surface area contributed by atoms with Gasteiger partial charge in [-0.2, -0.15) is 0 Å². The summed E-state index contributed by atoms with van der Waals surface area (Å²) < 4.78 is 6.34. The Morgan fingerprint density at radius 3 is 2.68 bits per heavy atom. The number of aromatic nitrogens is 4. The van der Waals surface area contributed by atoms with Gasteiger partial charge in [-0.15, -0.1) is 5.10 Å². The normalized spacial score (nSPS) is 17.1. The van der Waals surface area contributed by atoms with Gasteiger partial charge in [-0.05, 0) is 47.5 Å². The van der Waals surface area contributed by atoms with Crippen LogP contribution in [0.1, 0.15) is 31.2 Å². The van der Waals surface area contributed by atoms with Gasteiger partial charge < -0.3 is 15.4 Å². The molecule has 0 unspecified atom stereocenters. The fourth-order valence-electron chi connectivity index (χ4n) is 4.16. The van der Waals surface area contributed by atoms with Crippen molar-refractivity contribution in [3.8, 4) is 22.9 Å². The van der Waals surface area contributed by atoms with Gasteiger partial charge in [-0.25, -0.2) is 9.89 Å². The number of halogens is 1. The number of fused-ring (bicyclic) bond motifs is 2. The van der Waals surface area contributed by atoms with E-state index >= 15 is 0 Å². The number of rotatable bonds is 3. The fraction of sp³-hybridized carbons (Fsp3) is 0.263. The molecule has 0 saturated heterocycles. The molecule has 28 heavy (non-hydrogen) atoms. The van der Waals surface area contributed by atoms with E-state index in [0.29, 0.717) is 28.0 Å². The van der Waals surface area contributed by atoms with Crippen LogP contribution in [0.2, 0.25) is 5.02 Å². The Hall–Kier alpha value is -3.13. The second-order valence-corrected chi connectivity index (χ2v) is 7.42. The lowest BCUT2D eigenvalue weighted by Crippen LogP contribution is -2.50. The average Bonchev–Trinajstić information content (AvgIpc) is 3.37. The number of carbonyl (C=O) groups is 1. The summed E-state index contributed by atoms with van der Waals surface area (Å²) in [6.07, 6.45) is 3.76. The monoisotopic (exact) mass is 396 g/mol. The van der Waals surface area contributed by atoms with Crippen LogP contribution in [0.5, 0.6) is 11.5 Å². The molecule has 2 heterocycles. The third-order valence-electron chi connectivity index (χ3n) is 5.35. The number of ether oxygens (including phenoxy) is 1. The van der Waals surface area contributed by atoms with Crippen molar-refractivity contribution in [2.75, 3.05) is 5.32 Å². The van der Waals surface area contributed by atoms with E-state index in [1.54, 1.807) is 6.07 Å². The summed E-state index contributed by atoms with van der Waals surface area (Å²) in [6.45, 7) is 0. The Morgan fingerprint density at radius 2 is 1.89 bits per heavy atom. The number of aromatic amines is 1. The SMILES string of the molecule is O=C1Nc2c(Cl)ccc(Oc3ccccc3-c3nnn[nH]3)c2C2(CCCC2)N1. The number of hydrogen-bond donors (Lipinski definition) is 3. The van der Waals surface area contributed by atoms with E-state index in [1.165, 1.54) is 0 Å². The molecule has 2 amide bonds. The predicted molar refractivity (Wildman–Crippen MR) is 103 cm³/mol. The molecule has 8 nitrogen and oxygen atoms in total. The number of benzene rings is 2. The quantitative estimate of drug-likeness (QED) is 0.614. The number of urea groups is 1. The van der Waals surface area contributed by atoms with Crippen LogP contribution < -0.4 is 15.4 Å². The zero-order valence-corrected chi connectivity index (χ0v) is 15.6. The maximum atomic E-state index is 12.3. The van der Waals surface area contributed by atoms with Crippen LogP contribution in [0.15, 0.2) is 36.4 Å². The third kappa shape index (κ3) is 2.68. The second kappa shape index (κ2) is 6.49. The van der Waals surface area contributed by atoms with Crippen molar-refractivity contribution in [2.45, 2.75) is 31.2 Å². The third-order valence-corrected chi connectivity index (χ3v) is 5.67. The molecule has 5 rings (SSSR count). The number of H-pyrrole nitrogens is 1. The Morgan fingerprint density at radius 1 is 1.07 bits per heavy atom. The van der Waals surface area contributed by atoms with Crippen molar-refractivity contribution in [1.82, 2.24) is 25.9 Å². The van der Waals surface area contributed by atoms with Crippen LogP contribution >= 0.6 is 11.6 Å². The zero-order chi connectivity index (χ0) is 19.1. The largest absolute Gasteiger partial charge is 0.456 e. The highest BCUT2D eigenvalue weighted by atomic mass is 35.5. The molecule has 0 bridgehead atoms. The standard InChI is InChI=1S/C19H17ClN6O2/c20-12-7-8-14(15-16(12)21-18(27)22-19(15)9-3-4-10-19)28-13-6-2-1-5-11(13)17-23-25-26-24-17/h1-2,5-8H,3-4,9-10H2,(H2,21,22,27)(H,23,24,25,26). The van der Waals surface area contributed by atoms with Crippen LogP contribution in [0.25, 0.3) is 11.4 Å². The lowest BCUT2D eigenvalue weighted by atomic mass is 9.84. The second-order valence-electron chi connectivity index (χ2n) is 7.01. The summed E-state index contributed by atoms with van der Waals surface area (Å²) in [7, 11) is 0. The van der Waals surface area contributed by atoms with Gasteiger partial charge >= 0.3 is 6.03 Å². The first-order valence-electron chi connectivity index (χ1n) is 9.09. The van der Waals surface area contributed by atoms with Crippen molar-refractivity contribution in [3.05, 3.63) is 47.0 Å². The summed E-state index contributed by atoms with van der Waals surface area (Å²) >= 11 is 6.43. The van der Waals surface area contributed by atoms with Gasteiger partial charge in [0.15, 0.2) is 5.82 Å². The molecule has 3 aromatic rings. The van der Waals surface area contributed by atoms with Crippen molar-refractivity contribution < 1.29 is 9.53 Å². The van der Waals surface area contributed by atoms with Gasteiger partial charge in [0, 0.05) is 5.56 Å². The van der Waals surface area contributed by atoms with E-state index in [9.17, 15) is 4.79 Å². The molecule has 1 aliphatic carbocycles. The summed E-state index contributed by atoms with van der Waals surface area (Å²) in [6, 6.07) is 10.9. The molecule has 1 spiro atoms. The van der Waals surface area contributed by atoms with Crippen LogP contribution in [0.4, 0.5) is 10.5 Å². The number of amides is 2. The summed E-state index contributed by atoms with van der Waals surface area (Å²) in [5.41, 5.74) is 1.77. The Bertz CT molecular complexity index is 1050. The van der Waals surface area contributed by atoms with Gasteiger partial charge in [0.2, 0.25) is 0 Å². The lowest BCUT2D eigenvalue weighted by molar-refractivity contribution is 0.232. The molecule has 0 radical (unpaired) electrons. The summed E-state index contributed by atoms with van der Waals surface area (Å²) in [4.78, 5) is 12.3. The minimum absolute atomic E-state index is 0.235. The molecule has 142 valence electrons. The number of tetrazole rings is 1. The smallest absolute Gasteiger partial charge is 0.319 e. The average molecular weight is 397 g/mol. The molecule has 1 fully saturated rings. The van der Waals surface area contributed by atoms with Crippen molar-refractivity contribution >= 4 is 23.3 Å². The molecule has 1 aromatic heterocycles. The molecular weight excluding hydrogens is 380 g/mol. The topological polar surface area (TPSA) is 105 Å². The first kappa shape index (κ1) is 17.0. The molecule has 1 saturated carbocycles. The highest BCUT2D eigenvalue weighted by molar-refractivity contribution is 6.34. The van der Waals surface area contributed by atoms with Crippen LogP contribution in [0, 0.1) is 0 Å². The van der Waals surface area contributed by atoms with Crippen LogP contribution in [-0.4, -0.2) is 26.7 Å². The molecule has 2 aromatic carbocycles. The highest BCUT2D eigenvalue weighted by Crippen LogP contribution is 2.51. The molecular formula is C19H17ClN6O2. The van der Waals surface area contributed by atoms with E-state index in [0.717, 1.165) is 36.8 Å². The summed E-state index contributed by atoms with van der Waals surface area (Å²) in [5, 5.41) is 20.5. The van der Waals surface area contributed by atoms with Crippen LogP contribution in [0.3, 0.4) is 0 Å². The van der Waals surface area contributed by atoms with Crippen molar-refractivity contribution in [3.63, 3.8) is 0 Å². The number of hydrogen-bond acceptors (Lipinski definition) is 5. The molecule has 1 aliphatic heterocycles. The Balaban J connectivity index is 1.64. The zero-order valence-electron chi connectivity index (χ0n) is 14.8. The van der Waals surface area contributed by atoms with Gasteiger partial charge in [0.25, 0.3) is 0 Å². The maximum Gasteiger partial charge on any atom is 0.319 e. The minimum atomic E-state index is -0.472. The predicted octanol–water partition coefficient (Wildman–Crippen LogP) is 4.22. The van der Waals surface area contributed by atoms with Gasteiger partial charge in [0.1, 0.15) is 11.5 Å². The van der Waals surface area contributed by atoms with Gasteiger partial charge in [-0.1, -0.05) is 36.6 Å². The number of carbonyl (C=O) groups excluding carboxylic acids is 1. The van der Waals surface area contributed by atoms with Crippen molar-refractivity contribution in [2.24, 2.45) is 0 Å². The van der Waals surface area contributed by atoms with E-state index in [1.807, 2.05) is 30.3 Å². The van der Waals surface area contributed by atoms with E-state index < -0.39 is 5.54 Å². The number of para-hydroxylation sites is 1. The lowest BCUT2D eigenvalue weighted by Gasteiger charge is -2.38. The van der Waals surface area contributed by atoms with Gasteiger partial charge in [-0.3, -0.25) is 0 Å². The molecule has 9 heteroatoms. The fourth-order valence-corrected chi connectivity index (χ4v) is 4.37. The summed E-state index contributed by atoms with van der Waals surface area (Å²) in [5.74, 6) is 1.77. The van der Waals surface area contributed by atoms with E-state index in [4.69, 9.17) is 16.3 Å². The Kier molecular flexibility index (Phi) is 3.94. The first-order chi connectivity index (χ1) is 13.7. The maximum absolute atomic E-state index is 12.3. The van der Waals surface area contributed by atoms with Gasteiger partial charge in [0.05, 0.1) is 21.8 Å². The minimum Gasteiger partial charge on any atom is -0.456 e. The van der Waals surface area contributed by atoms with Crippen molar-refractivity contribution in [1.29, 1.82) is 0 Å². The van der Waals surface area contributed by atoms with E-state index in [2.05, 4.69) is 31.3 Å². The molecule has 2 aliphatic rings. The number of anilines is 1. The molecule has 0 atom stereocenters. The Labute approximate surface area is 165 Å². The first-order valence-corrected chi connectivity index (χ1v) is 9.47. The number of nitrogens with zero attached hydrogens (tertiary/aromatic N) is 3. The van der Waals surface area contributed by atoms with E-state index in [-0.39, 0.29) is 6.03 Å².